The number of benzene rings is 1. The predicted molar refractivity (Wildman–Crippen MR) is 87.4 cm³/mol. The van der Waals surface area contributed by atoms with Crippen molar-refractivity contribution in [3.05, 3.63) is 29.8 Å². The Morgan fingerprint density at radius 3 is 2.76 bits per heavy atom. The number of amides is 1. The number of carbonyl (C=O) groups excluding carboxylic acids is 1. The van der Waals surface area contributed by atoms with Gasteiger partial charge in [-0.15, -0.1) is 0 Å². The molecule has 0 radical (unpaired) electrons. The van der Waals surface area contributed by atoms with Crippen molar-refractivity contribution in [3.63, 3.8) is 0 Å². The summed E-state index contributed by atoms with van der Waals surface area (Å²) in [6.07, 6.45) is 1.09. The fraction of sp³-hybridized carbons (Fsp3) is 0.588. The molecule has 1 amide bonds. The van der Waals surface area contributed by atoms with Crippen LogP contribution in [0.4, 0.5) is 5.69 Å². The smallest absolute Gasteiger partial charge is 0.238 e. The summed E-state index contributed by atoms with van der Waals surface area (Å²) >= 11 is 0. The molecule has 0 aromatic heterocycles. The van der Waals surface area contributed by atoms with E-state index in [1.165, 1.54) is 5.56 Å². The molecule has 0 spiro atoms. The maximum Gasteiger partial charge on any atom is 0.238 e. The van der Waals surface area contributed by atoms with Crippen molar-refractivity contribution in [1.82, 2.24) is 4.90 Å². The zero-order chi connectivity index (χ0) is 15.4. The Balaban J connectivity index is 1.96. The summed E-state index contributed by atoms with van der Waals surface area (Å²) < 4.78 is 0. The summed E-state index contributed by atoms with van der Waals surface area (Å²) in [5.41, 5.74) is 7.85. The Morgan fingerprint density at radius 1 is 1.43 bits per heavy atom. The van der Waals surface area contributed by atoms with Crippen LogP contribution in [0, 0.1) is 5.92 Å². The third kappa shape index (κ3) is 4.05. The molecule has 116 valence electrons. The molecule has 0 aliphatic carbocycles. The van der Waals surface area contributed by atoms with E-state index in [1.54, 1.807) is 0 Å². The lowest BCUT2D eigenvalue weighted by molar-refractivity contribution is -0.117. The largest absolute Gasteiger partial charge is 0.330 e. The second-order valence-electron chi connectivity index (χ2n) is 6.41. The van der Waals surface area contributed by atoms with Crippen molar-refractivity contribution in [2.45, 2.75) is 39.2 Å². The van der Waals surface area contributed by atoms with Crippen LogP contribution in [0.5, 0.6) is 0 Å². The number of para-hydroxylation sites is 1. The molecule has 21 heavy (non-hydrogen) atoms. The highest BCUT2D eigenvalue weighted by Gasteiger charge is 2.29. The highest BCUT2D eigenvalue weighted by atomic mass is 16.2. The molecule has 2 atom stereocenters. The Morgan fingerprint density at radius 2 is 2.14 bits per heavy atom. The summed E-state index contributed by atoms with van der Waals surface area (Å²) in [7, 11) is 0. The number of hydrogen-bond donors (Lipinski definition) is 2. The molecule has 1 aliphatic rings. The molecule has 0 bridgehead atoms. The van der Waals surface area contributed by atoms with Gasteiger partial charge in [-0.2, -0.15) is 0 Å². The number of rotatable bonds is 5. The quantitative estimate of drug-likeness (QED) is 0.875. The van der Waals surface area contributed by atoms with Crippen LogP contribution in [0.3, 0.4) is 0 Å². The van der Waals surface area contributed by atoms with Gasteiger partial charge in [0.15, 0.2) is 0 Å². The molecule has 2 unspecified atom stereocenters. The van der Waals surface area contributed by atoms with Crippen LogP contribution in [-0.2, 0) is 4.79 Å². The van der Waals surface area contributed by atoms with Crippen LogP contribution in [-0.4, -0.2) is 36.5 Å². The first-order valence-electron chi connectivity index (χ1n) is 7.84. The summed E-state index contributed by atoms with van der Waals surface area (Å²) in [6.45, 7) is 8.53. The van der Waals surface area contributed by atoms with Crippen molar-refractivity contribution in [2.24, 2.45) is 11.7 Å². The van der Waals surface area contributed by atoms with E-state index in [0.717, 1.165) is 18.7 Å². The van der Waals surface area contributed by atoms with Gasteiger partial charge >= 0.3 is 0 Å². The lowest BCUT2D eigenvalue weighted by atomic mass is 10.0. The highest BCUT2D eigenvalue weighted by Crippen LogP contribution is 2.25. The van der Waals surface area contributed by atoms with E-state index in [2.05, 4.69) is 37.1 Å². The van der Waals surface area contributed by atoms with Crippen molar-refractivity contribution in [1.29, 1.82) is 0 Å². The fourth-order valence-electron chi connectivity index (χ4n) is 3.10. The number of anilines is 1. The zero-order valence-electron chi connectivity index (χ0n) is 13.3. The molecule has 3 N–H and O–H groups in total. The van der Waals surface area contributed by atoms with Crippen molar-refractivity contribution in [2.75, 3.05) is 25.0 Å². The summed E-state index contributed by atoms with van der Waals surface area (Å²) in [4.78, 5) is 14.5. The molecule has 4 nitrogen and oxygen atoms in total. The van der Waals surface area contributed by atoms with Crippen LogP contribution in [0.1, 0.15) is 38.7 Å². The molecule has 1 aliphatic heterocycles. The number of nitrogens with two attached hydrogens (primary N) is 1. The lowest BCUT2D eigenvalue weighted by Gasteiger charge is -2.21. The molecule has 4 heteroatoms. The average molecular weight is 289 g/mol. The van der Waals surface area contributed by atoms with Gasteiger partial charge < -0.3 is 11.1 Å². The Hall–Kier alpha value is -1.39. The lowest BCUT2D eigenvalue weighted by Crippen LogP contribution is -2.36. The van der Waals surface area contributed by atoms with Crippen LogP contribution >= 0.6 is 0 Å². The van der Waals surface area contributed by atoms with E-state index >= 15 is 0 Å². The third-order valence-corrected chi connectivity index (χ3v) is 4.33. The molecule has 1 aromatic carbocycles. The molecule has 0 saturated carbocycles. The molecule has 2 rings (SSSR count). The van der Waals surface area contributed by atoms with E-state index in [1.807, 2.05) is 18.2 Å². The van der Waals surface area contributed by atoms with Gasteiger partial charge in [0.2, 0.25) is 5.91 Å². The first-order chi connectivity index (χ1) is 10.0. The van der Waals surface area contributed by atoms with Gasteiger partial charge in [-0.05, 0) is 43.4 Å². The number of carbonyl (C=O) groups is 1. The molecular formula is C17H27N3O. The maximum absolute atomic E-state index is 12.3. The molecule has 1 heterocycles. The van der Waals surface area contributed by atoms with Gasteiger partial charge in [0.25, 0.3) is 0 Å². The number of likely N-dealkylation sites (tertiary alicyclic amines) is 1. The topological polar surface area (TPSA) is 58.4 Å². The molecular weight excluding hydrogens is 262 g/mol. The molecule has 1 saturated heterocycles. The van der Waals surface area contributed by atoms with E-state index in [0.29, 0.717) is 31.0 Å². The second-order valence-corrected chi connectivity index (χ2v) is 6.41. The summed E-state index contributed by atoms with van der Waals surface area (Å²) in [5.74, 6) is 0.984. The Kier molecular flexibility index (Phi) is 5.37. The summed E-state index contributed by atoms with van der Waals surface area (Å²) in [6, 6.07) is 8.46. The zero-order valence-corrected chi connectivity index (χ0v) is 13.3. The first-order valence-corrected chi connectivity index (χ1v) is 7.84. The van der Waals surface area contributed by atoms with Crippen LogP contribution in [0.25, 0.3) is 0 Å². The number of nitrogens with one attached hydrogen (secondary N) is 1. The van der Waals surface area contributed by atoms with E-state index in [-0.39, 0.29) is 5.91 Å². The Bertz CT molecular complexity index is 487. The van der Waals surface area contributed by atoms with E-state index in [4.69, 9.17) is 5.73 Å². The van der Waals surface area contributed by atoms with Gasteiger partial charge in [0.1, 0.15) is 0 Å². The normalized spacial score (nSPS) is 22.7. The minimum absolute atomic E-state index is 0.0626. The van der Waals surface area contributed by atoms with Gasteiger partial charge in [0.05, 0.1) is 6.54 Å². The van der Waals surface area contributed by atoms with E-state index < -0.39 is 0 Å². The predicted octanol–water partition coefficient (Wildman–Crippen LogP) is 2.42. The average Bonchev–Trinajstić information content (AvgIpc) is 2.79. The minimum atomic E-state index is 0.0626. The fourth-order valence-corrected chi connectivity index (χ4v) is 3.10. The van der Waals surface area contributed by atoms with Gasteiger partial charge in [0, 0.05) is 18.3 Å². The third-order valence-electron chi connectivity index (χ3n) is 4.33. The van der Waals surface area contributed by atoms with Crippen LogP contribution in [0.15, 0.2) is 24.3 Å². The van der Waals surface area contributed by atoms with Gasteiger partial charge in [-0.3, -0.25) is 9.69 Å². The van der Waals surface area contributed by atoms with Crippen molar-refractivity contribution in [3.8, 4) is 0 Å². The van der Waals surface area contributed by atoms with Crippen LogP contribution < -0.4 is 11.1 Å². The standard InChI is InChI=1S/C17H27N3O/c1-12(2)15-6-4-5-7-16(15)19-17(21)11-20-10-14(9-18)8-13(20)3/h4-7,12-14H,8-11,18H2,1-3H3,(H,19,21). The Labute approximate surface area is 127 Å². The molecule has 1 fully saturated rings. The SMILES string of the molecule is CC(C)c1ccccc1NC(=O)CN1CC(CN)CC1C. The van der Waals surface area contributed by atoms with Crippen molar-refractivity contribution < 1.29 is 4.79 Å². The number of hydrogen-bond acceptors (Lipinski definition) is 3. The van der Waals surface area contributed by atoms with Gasteiger partial charge in [-0.1, -0.05) is 32.0 Å². The van der Waals surface area contributed by atoms with Crippen LogP contribution in [0.2, 0.25) is 0 Å². The second kappa shape index (κ2) is 7.05. The summed E-state index contributed by atoms with van der Waals surface area (Å²) in [5, 5.41) is 3.06. The molecule has 1 aromatic rings. The first kappa shape index (κ1) is 16.0. The monoisotopic (exact) mass is 289 g/mol. The van der Waals surface area contributed by atoms with Crippen molar-refractivity contribution >= 4 is 11.6 Å². The van der Waals surface area contributed by atoms with E-state index in [9.17, 15) is 4.79 Å². The minimum Gasteiger partial charge on any atom is -0.330 e. The number of nitrogens with zero attached hydrogens (tertiary/aromatic N) is 1. The highest BCUT2D eigenvalue weighted by molar-refractivity contribution is 5.93. The van der Waals surface area contributed by atoms with Gasteiger partial charge in [-0.25, -0.2) is 0 Å². The maximum atomic E-state index is 12.3.